The smallest absolute Gasteiger partial charge is 0.259 e. The van der Waals surface area contributed by atoms with Crippen molar-refractivity contribution < 1.29 is 4.74 Å². The minimum atomic E-state index is -0.108. The van der Waals surface area contributed by atoms with Crippen LogP contribution in [0.25, 0.3) is 22.3 Å². The molecular formula is C22H24N2O2. The first kappa shape index (κ1) is 17.0. The SMILES string of the molecule is O=c1[nH]c(-c2ccccc2COCC2CCCCC2)nc2ccccc12. The Hall–Kier alpha value is -2.46. The molecule has 2 aromatic carbocycles. The van der Waals surface area contributed by atoms with Gasteiger partial charge in [-0.05, 0) is 36.5 Å². The van der Waals surface area contributed by atoms with Gasteiger partial charge in [-0.25, -0.2) is 4.98 Å². The van der Waals surface area contributed by atoms with E-state index in [2.05, 4.69) is 9.97 Å². The Kier molecular flexibility index (Phi) is 5.12. The van der Waals surface area contributed by atoms with Gasteiger partial charge in [0.15, 0.2) is 0 Å². The molecule has 4 heteroatoms. The molecule has 0 bridgehead atoms. The Morgan fingerprint density at radius 2 is 1.77 bits per heavy atom. The molecule has 1 heterocycles. The second-order valence-corrected chi connectivity index (χ2v) is 7.11. The van der Waals surface area contributed by atoms with Crippen LogP contribution in [0.2, 0.25) is 0 Å². The van der Waals surface area contributed by atoms with Crippen LogP contribution in [0.3, 0.4) is 0 Å². The number of ether oxygens (including phenoxy) is 1. The van der Waals surface area contributed by atoms with Crippen molar-refractivity contribution in [1.29, 1.82) is 0 Å². The first-order chi connectivity index (χ1) is 12.8. The first-order valence-corrected chi connectivity index (χ1v) is 9.46. The number of rotatable bonds is 5. The van der Waals surface area contributed by atoms with Crippen molar-refractivity contribution in [2.45, 2.75) is 38.7 Å². The third kappa shape index (κ3) is 3.70. The molecule has 3 aromatic rings. The van der Waals surface area contributed by atoms with E-state index >= 15 is 0 Å². The molecule has 1 saturated carbocycles. The summed E-state index contributed by atoms with van der Waals surface area (Å²) in [5.74, 6) is 1.29. The number of nitrogens with zero attached hydrogens (tertiary/aromatic N) is 1. The Morgan fingerprint density at radius 1 is 1.00 bits per heavy atom. The lowest BCUT2D eigenvalue weighted by molar-refractivity contribution is 0.0741. The van der Waals surface area contributed by atoms with E-state index in [1.165, 1.54) is 32.1 Å². The molecule has 26 heavy (non-hydrogen) atoms. The van der Waals surface area contributed by atoms with Crippen molar-refractivity contribution in [3.8, 4) is 11.4 Å². The predicted molar refractivity (Wildman–Crippen MR) is 104 cm³/mol. The van der Waals surface area contributed by atoms with E-state index in [4.69, 9.17) is 4.74 Å². The normalized spacial score (nSPS) is 15.4. The molecule has 0 spiro atoms. The van der Waals surface area contributed by atoms with Gasteiger partial charge < -0.3 is 9.72 Å². The molecule has 0 atom stereocenters. The molecule has 1 aromatic heterocycles. The van der Waals surface area contributed by atoms with Gasteiger partial charge in [0.2, 0.25) is 0 Å². The highest BCUT2D eigenvalue weighted by atomic mass is 16.5. The van der Waals surface area contributed by atoms with Crippen LogP contribution in [0.4, 0.5) is 0 Å². The van der Waals surface area contributed by atoms with Crippen molar-refractivity contribution in [2.75, 3.05) is 6.61 Å². The number of aromatic nitrogens is 2. The van der Waals surface area contributed by atoms with Crippen LogP contribution in [-0.2, 0) is 11.3 Å². The number of H-pyrrole nitrogens is 1. The van der Waals surface area contributed by atoms with Gasteiger partial charge in [-0.1, -0.05) is 55.7 Å². The summed E-state index contributed by atoms with van der Waals surface area (Å²) in [6, 6.07) is 15.4. The second-order valence-electron chi connectivity index (χ2n) is 7.11. The standard InChI is InChI=1S/C22H24N2O2/c25-22-19-12-6-7-13-20(19)23-21(24-22)18-11-5-4-10-17(18)15-26-14-16-8-2-1-3-9-16/h4-7,10-13,16H,1-3,8-9,14-15H2,(H,23,24,25). The fourth-order valence-corrected chi connectivity index (χ4v) is 3.78. The molecule has 1 aliphatic rings. The topological polar surface area (TPSA) is 55.0 Å². The Morgan fingerprint density at radius 3 is 2.65 bits per heavy atom. The molecule has 0 saturated heterocycles. The number of para-hydroxylation sites is 1. The molecule has 0 aliphatic heterocycles. The van der Waals surface area contributed by atoms with Crippen LogP contribution in [-0.4, -0.2) is 16.6 Å². The average Bonchev–Trinajstić information content (AvgIpc) is 2.69. The molecule has 134 valence electrons. The maximum Gasteiger partial charge on any atom is 0.259 e. The number of nitrogens with one attached hydrogen (secondary N) is 1. The third-order valence-electron chi connectivity index (χ3n) is 5.22. The molecule has 1 aliphatic carbocycles. The maximum atomic E-state index is 12.4. The zero-order valence-electron chi connectivity index (χ0n) is 14.9. The minimum absolute atomic E-state index is 0.108. The fraction of sp³-hybridized carbons (Fsp3) is 0.364. The lowest BCUT2D eigenvalue weighted by Gasteiger charge is -2.21. The van der Waals surface area contributed by atoms with Crippen molar-refractivity contribution in [3.05, 3.63) is 64.4 Å². The summed E-state index contributed by atoms with van der Waals surface area (Å²) in [6.45, 7) is 1.36. The average molecular weight is 348 g/mol. The highest BCUT2D eigenvalue weighted by Gasteiger charge is 2.14. The van der Waals surface area contributed by atoms with Crippen LogP contribution < -0.4 is 5.56 Å². The predicted octanol–water partition coefficient (Wildman–Crippen LogP) is 4.69. The van der Waals surface area contributed by atoms with Crippen molar-refractivity contribution in [1.82, 2.24) is 9.97 Å². The van der Waals surface area contributed by atoms with Gasteiger partial charge >= 0.3 is 0 Å². The zero-order valence-corrected chi connectivity index (χ0v) is 14.9. The molecule has 0 amide bonds. The van der Waals surface area contributed by atoms with Crippen LogP contribution in [0.5, 0.6) is 0 Å². The monoisotopic (exact) mass is 348 g/mol. The summed E-state index contributed by atoms with van der Waals surface area (Å²) in [5.41, 5.74) is 2.59. The van der Waals surface area contributed by atoms with E-state index in [9.17, 15) is 4.79 Å². The number of fused-ring (bicyclic) bond motifs is 1. The molecular weight excluding hydrogens is 324 g/mol. The summed E-state index contributed by atoms with van der Waals surface area (Å²) < 4.78 is 6.02. The molecule has 1 N–H and O–H groups in total. The summed E-state index contributed by atoms with van der Waals surface area (Å²) >= 11 is 0. The highest BCUT2D eigenvalue weighted by Crippen LogP contribution is 2.25. The van der Waals surface area contributed by atoms with E-state index in [1.54, 1.807) is 6.07 Å². The van der Waals surface area contributed by atoms with E-state index < -0.39 is 0 Å². The third-order valence-corrected chi connectivity index (χ3v) is 5.22. The summed E-state index contributed by atoms with van der Waals surface area (Å²) in [5, 5.41) is 0.613. The molecule has 4 rings (SSSR count). The van der Waals surface area contributed by atoms with Gasteiger partial charge in [0.1, 0.15) is 5.82 Å². The lowest BCUT2D eigenvalue weighted by Crippen LogP contribution is -2.14. The Balaban J connectivity index is 1.56. The van der Waals surface area contributed by atoms with Gasteiger partial charge in [-0.2, -0.15) is 0 Å². The summed E-state index contributed by atoms with van der Waals surface area (Å²) in [6.07, 6.45) is 6.57. The molecule has 0 unspecified atom stereocenters. The van der Waals surface area contributed by atoms with Crippen molar-refractivity contribution in [2.24, 2.45) is 5.92 Å². The van der Waals surface area contributed by atoms with Gasteiger partial charge in [-0.15, -0.1) is 0 Å². The minimum Gasteiger partial charge on any atom is -0.376 e. The summed E-state index contributed by atoms with van der Waals surface area (Å²) in [4.78, 5) is 20.0. The first-order valence-electron chi connectivity index (χ1n) is 9.46. The lowest BCUT2D eigenvalue weighted by atomic mass is 9.90. The van der Waals surface area contributed by atoms with E-state index in [0.717, 1.165) is 17.7 Å². The number of hydrogen-bond acceptors (Lipinski definition) is 3. The number of aromatic amines is 1. The highest BCUT2D eigenvalue weighted by molar-refractivity contribution is 5.79. The fourth-order valence-electron chi connectivity index (χ4n) is 3.78. The van der Waals surface area contributed by atoms with Gasteiger partial charge in [0.05, 0.1) is 17.5 Å². The quantitative estimate of drug-likeness (QED) is 0.728. The largest absolute Gasteiger partial charge is 0.376 e. The molecule has 4 nitrogen and oxygen atoms in total. The molecule has 0 radical (unpaired) electrons. The number of hydrogen-bond donors (Lipinski definition) is 1. The molecule has 1 fully saturated rings. The zero-order chi connectivity index (χ0) is 17.8. The van der Waals surface area contributed by atoms with Crippen molar-refractivity contribution in [3.63, 3.8) is 0 Å². The van der Waals surface area contributed by atoms with Crippen LogP contribution in [0.15, 0.2) is 53.3 Å². The second kappa shape index (κ2) is 7.83. The van der Waals surface area contributed by atoms with E-state index in [1.807, 2.05) is 42.5 Å². The van der Waals surface area contributed by atoms with Gasteiger partial charge in [0, 0.05) is 12.2 Å². The van der Waals surface area contributed by atoms with Gasteiger partial charge in [-0.3, -0.25) is 4.79 Å². The maximum absolute atomic E-state index is 12.4. The van der Waals surface area contributed by atoms with Gasteiger partial charge in [0.25, 0.3) is 5.56 Å². The summed E-state index contributed by atoms with van der Waals surface area (Å²) in [7, 11) is 0. The Labute approximate surface area is 153 Å². The van der Waals surface area contributed by atoms with Crippen molar-refractivity contribution >= 4 is 10.9 Å². The van der Waals surface area contributed by atoms with Crippen LogP contribution in [0, 0.1) is 5.92 Å². The number of benzene rings is 2. The van der Waals surface area contributed by atoms with E-state index in [0.29, 0.717) is 29.3 Å². The van der Waals surface area contributed by atoms with Crippen LogP contribution in [0.1, 0.15) is 37.7 Å². The van der Waals surface area contributed by atoms with E-state index in [-0.39, 0.29) is 5.56 Å². The van der Waals surface area contributed by atoms with Crippen LogP contribution >= 0.6 is 0 Å². The Bertz CT molecular complexity index is 942.